The summed E-state index contributed by atoms with van der Waals surface area (Å²) in [6, 6.07) is 2.94. The second-order valence-electron chi connectivity index (χ2n) is 3.96. The molecule has 2 N–H and O–H groups in total. The summed E-state index contributed by atoms with van der Waals surface area (Å²) in [6.45, 7) is 2.11. The molecule has 0 aliphatic heterocycles. The fourth-order valence-electron chi connectivity index (χ4n) is 1.58. The van der Waals surface area contributed by atoms with Gasteiger partial charge in [0.05, 0.1) is 12.6 Å². The highest BCUT2D eigenvalue weighted by Crippen LogP contribution is 2.10. The van der Waals surface area contributed by atoms with Gasteiger partial charge < -0.3 is 15.2 Å². The van der Waals surface area contributed by atoms with Crippen molar-refractivity contribution in [2.24, 2.45) is 0 Å². The first-order valence-corrected chi connectivity index (χ1v) is 5.99. The number of pyridine rings is 1. The average Bonchev–Trinajstić information content (AvgIpc) is 2.28. The van der Waals surface area contributed by atoms with E-state index >= 15 is 0 Å². The van der Waals surface area contributed by atoms with Gasteiger partial charge in [-0.2, -0.15) is 0 Å². The standard InChI is InChI=1S/C12H17ClN2O3/c1-8-5-9(6-11(13)14-8)12(17)15-10(3-4-16)7-18-2/h5-6,10,16H,3-4,7H2,1-2H3,(H,15,17). The summed E-state index contributed by atoms with van der Waals surface area (Å²) in [5.74, 6) is -0.252. The van der Waals surface area contributed by atoms with Crippen molar-refractivity contribution in [2.75, 3.05) is 20.3 Å². The third kappa shape index (κ3) is 4.60. The second-order valence-corrected chi connectivity index (χ2v) is 4.35. The number of methoxy groups -OCH3 is 1. The number of rotatable bonds is 6. The van der Waals surface area contributed by atoms with Gasteiger partial charge in [-0.15, -0.1) is 0 Å². The topological polar surface area (TPSA) is 71.5 Å². The molecule has 0 saturated heterocycles. The van der Waals surface area contributed by atoms with Crippen LogP contribution in [0.15, 0.2) is 12.1 Å². The number of aliphatic hydroxyl groups is 1. The minimum atomic E-state index is -0.252. The van der Waals surface area contributed by atoms with Crippen LogP contribution in [0.2, 0.25) is 5.15 Å². The number of amides is 1. The summed E-state index contributed by atoms with van der Waals surface area (Å²) in [5.41, 5.74) is 1.13. The molecule has 1 heterocycles. The maximum Gasteiger partial charge on any atom is 0.251 e. The number of hydrogen-bond acceptors (Lipinski definition) is 4. The van der Waals surface area contributed by atoms with Gasteiger partial charge in [-0.25, -0.2) is 4.98 Å². The van der Waals surface area contributed by atoms with Gasteiger partial charge in [-0.05, 0) is 25.5 Å². The lowest BCUT2D eigenvalue weighted by atomic mass is 10.2. The molecule has 0 bridgehead atoms. The Bertz CT molecular complexity index is 386. The average molecular weight is 273 g/mol. The lowest BCUT2D eigenvalue weighted by Crippen LogP contribution is -2.38. The highest BCUT2D eigenvalue weighted by atomic mass is 35.5. The smallest absolute Gasteiger partial charge is 0.251 e. The van der Waals surface area contributed by atoms with Crippen LogP contribution in [0.5, 0.6) is 0 Å². The Hall–Kier alpha value is -1.17. The van der Waals surface area contributed by atoms with E-state index in [9.17, 15) is 4.79 Å². The molecule has 5 nitrogen and oxygen atoms in total. The summed E-state index contributed by atoms with van der Waals surface area (Å²) in [4.78, 5) is 16.0. The first-order valence-electron chi connectivity index (χ1n) is 5.61. The van der Waals surface area contributed by atoms with Crippen molar-refractivity contribution in [3.8, 4) is 0 Å². The molecule has 0 aromatic carbocycles. The number of aromatic nitrogens is 1. The van der Waals surface area contributed by atoms with Gasteiger partial charge in [-0.1, -0.05) is 11.6 Å². The Morgan fingerprint density at radius 3 is 2.89 bits per heavy atom. The highest BCUT2D eigenvalue weighted by molar-refractivity contribution is 6.29. The third-order valence-corrected chi connectivity index (χ3v) is 2.56. The fraction of sp³-hybridized carbons (Fsp3) is 0.500. The quantitative estimate of drug-likeness (QED) is 0.763. The largest absolute Gasteiger partial charge is 0.396 e. The molecule has 0 aliphatic rings. The molecule has 6 heteroatoms. The minimum absolute atomic E-state index is 0.00949. The van der Waals surface area contributed by atoms with Gasteiger partial charge in [0.25, 0.3) is 5.91 Å². The molecule has 0 saturated carbocycles. The van der Waals surface area contributed by atoms with Crippen molar-refractivity contribution in [3.05, 3.63) is 28.5 Å². The van der Waals surface area contributed by atoms with Crippen molar-refractivity contribution in [3.63, 3.8) is 0 Å². The van der Waals surface area contributed by atoms with Crippen molar-refractivity contribution >= 4 is 17.5 Å². The summed E-state index contributed by atoms with van der Waals surface area (Å²) in [7, 11) is 1.55. The Morgan fingerprint density at radius 2 is 2.33 bits per heavy atom. The molecular weight excluding hydrogens is 256 g/mol. The molecule has 18 heavy (non-hydrogen) atoms. The molecule has 100 valence electrons. The Morgan fingerprint density at radius 1 is 1.61 bits per heavy atom. The zero-order valence-electron chi connectivity index (χ0n) is 10.4. The van der Waals surface area contributed by atoms with Crippen LogP contribution >= 0.6 is 11.6 Å². The van der Waals surface area contributed by atoms with E-state index in [-0.39, 0.29) is 23.7 Å². The van der Waals surface area contributed by atoms with Crippen LogP contribution < -0.4 is 5.32 Å². The third-order valence-electron chi connectivity index (χ3n) is 2.36. The monoisotopic (exact) mass is 272 g/mol. The predicted molar refractivity (Wildman–Crippen MR) is 68.8 cm³/mol. The number of aliphatic hydroxyl groups excluding tert-OH is 1. The molecular formula is C12H17ClN2O3. The van der Waals surface area contributed by atoms with Crippen LogP contribution in [-0.2, 0) is 4.74 Å². The van der Waals surface area contributed by atoms with Crippen LogP contribution in [0, 0.1) is 6.92 Å². The highest BCUT2D eigenvalue weighted by Gasteiger charge is 2.14. The van der Waals surface area contributed by atoms with Gasteiger partial charge >= 0.3 is 0 Å². The maximum absolute atomic E-state index is 12.0. The lowest BCUT2D eigenvalue weighted by molar-refractivity contribution is 0.0878. The zero-order valence-corrected chi connectivity index (χ0v) is 11.2. The maximum atomic E-state index is 12.0. The van der Waals surface area contributed by atoms with E-state index < -0.39 is 0 Å². The van der Waals surface area contributed by atoms with Gasteiger partial charge in [0.1, 0.15) is 5.15 Å². The number of halogens is 1. The Balaban J connectivity index is 2.73. The van der Waals surface area contributed by atoms with Crippen LogP contribution in [-0.4, -0.2) is 42.4 Å². The summed E-state index contributed by atoms with van der Waals surface area (Å²) < 4.78 is 4.98. The number of nitrogens with one attached hydrogen (secondary N) is 1. The summed E-state index contributed by atoms with van der Waals surface area (Å²) in [6.07, 6.45) is 0.442. The van der Waals surface area contributed by atoms with Gasteiger partial charge in [0, 0.05) is 25.0 Å². The van der Waals surface area contributed by atoms with Crippen molar-refractivity contribution in [1.29, 1.82) is 0 Å². The van der Waals surface area contributed by atoms with Gasteiger partial charge in [-0.3, -0.25) is 4.79 Å². The van der Waals surface area contributed by atoms with E-state index in [4.69, 9.17) is 21.4 Å². The molecule has 1 rings (SSSR count). The summed E-state index contributed by atoms with van der Waals surface area (Å²) >= 11 is 5.80. The molecule has 1 amide bonds. The molecule has 1 unspecified atom stereocenters. The first-order chi connectivity index (χ1) is 8.56. The lowest BCUT2D eigenvalue weighted by Gasteiger charge is -2.17. The Kier molecular flexibility index (Phi) is 6.04. The number of aryl methyl sites for hydroxylation is 1. The van der Waals surface area contributed by atoms with E-state index in [1.165, 1.54) is 6.07 Å². The second kappa shape index (κ2) is 7.31. The number of ether oxygens (including phenoxy) is 1. The minimum Gasteiger partial charge on any atom is -0.396 e. The van der Waals surface area contributed by atoms with E-state index in [0.717, 1.165) is 0 Å². The molecule has 1 aromatic rings. The van der Waals surface area contributed by atoms with E-state index in [0.29, 0.717) is 24.3 Å². The van der Waals surface area contributed by atoms with Gasteiger partial charge in [0.2, 0.25) is 0 Å². The predicted octanol–water partition coefficient (Wildman–Crippen LogP) is 1.17. The Labute approximate surface area is 111 Å². The number of hydrogen-bond donors (Lipinski definition) is 2. The first kappa shape index (κ1) is 14.9. The summed E-state index contributed by atoms with van der Waals surface area (Å²) in [5, 5.41) is 12.0. The molecule has 1 atom stereocenters. The molecule has 0 radical (unpaired) electrons. The number of carbonyl (C=O) groups excluding carboxylic acids is 1. The van der Waals surface area contributed by atoms with Crippen molar-refractivity contribution < 1.29 is 14.6 Å². The van der Waals surface area contributed by atoms with Crippen molar-refractivity contribution in [1.82, 2.24) is 10.3 Å². The van der Waals surface area contributed by atoms with Crippen LogP contribution in [0.4, 0.5) is 0 Å². The molecule has 0 fully saturated rings. The number of nitrogens with zero attached hydrogens (tertiary/aromatic N) is 1. The molecule has 0 spiro atoms. The van der Waals surface area contributed by atoms with Crippen molar-refractivity contribution in [2.45, 2.75) is 19.4 Å². The van der Waals surface area contributed by atoms with Gasteiger partial charge in [0.15, 0.2) is 0 Å². The zero-order chi connectivity index (χ0) is 13.5. The van der Waals surface area contributed by atoms with Crippen LogP contribution in [0.25, 0.3) is 0 Å². The molecule has 0 aliphatic carbocycles. The van der Waals surface area contributed by atoms with E-state index in [1.807, 2.05) is 0 Å². The van der Waals surface area contributed by atoms with E-state index in [2.05, 4.69) is 10.3 Å². The van der Waals surface area contributed by atoms with Crippen LogP contribution in [0.1, 0.15) is 22.5 Å². The number of carbonyl (C=O) groups is 1. The molecule has 1 aromatic heterocycles. The fourth-order valence-corrected chi connectivity index (χ4v) is 1.83. The van der Waals surface area contributed by atoms with E-state index in [1.54, 1.807) is 20.1 Å². The SMILES string of the molecule is COCC(CCO)NC(=O)c1cc(C)nc(Cl)c1. The normalized spacial score (nSPS) is 12.2. The van der Waals surface area contributed by atoms with Crippen LogP contribution in [0.3, 0.4) is 0 Å².